The van der Waals surface area contributed by atoms with Crippen LogP contribution in [0.3, 0.4) is 0 Å². The van der Waals surface area contributed by atoms with E-state index in [0.717, 1.165) is 37.9 Å². The van der Waals surface area contributed by atoms with Crippen LogP contribution in [0.5, 0.6) is 0 Å². The summed E-state index contributed by atoms with van der Waals surface area (Å²) in [5.74, 6) is 0.288. The second-order valence-corrected chi connectivity index (χ2v) is 9.07. The van der Waals surface area contributed by atoms with Crippen LogP contribution in [0.15, 0.2) is 42.6 Å². The topological polar surface area (TPSA) is 71.1 Å². The molecule has 1 aliphatic carbocycles. The number of nitrogens with one attached hydrogen (secondary N) is 2. The molecule has 1 aromatic heterocycles. The molecule has 27 heavy (non-hydrogen) atoms. The van der Waals surface area contributed by atoms with Gasteiger partial charge < -0.3 is 5.32 Å². The van der Waals surface area contributed by atoms with Gasteiger partial charge in [-0.25, -0.2) is 17.5 Å². The summed E-state index contributed by atoms with van der Waals surface area (Å²) in [6.07, 6.45) is 5.26. The number of hydrogen-bond donors (Lipinski definition) is 2. The number of rotatable bonds is 7. The van der Waals surface area contributed by atoms with Crippen LogP contribution < -0.4 is 10.0 Å². The highest BCUT2D eigenvalue weighted by Gasteiger charge is 2.24. The molecule has 5 nitrogen and oxygen atoms in total. The van der Waals surface area contributed by atoms with Crippen molar-refractivity contribution in [1.29, 1.82) is 0 Å². The Bertz CT molecular complexity index is 851. The van der Waals surface area contributed by atoms with E-state index in [0.29, 0.717) is 17.2 Å². The number of pyridine rings is 1. The van der Waals surface area contributed by atoms with Gasteiger partial charge in [0.25, 0.3) is 0 Å². The number of hydrogen-bond acceptors (Lipinski definition) is 4. The van der Waals surface area contributed by atoms with E-state index in [1.54, 1.807) is 31.3 Å². The maximum atomic E-state index is 14.4. The van der Waals surface area contributed by atoms with Gasteiger partial charge in [0.1, 0.15) is 5.82 Å². The molecule has 2 aromatic rings. The van der Waals surface area contributed by atoms with Gasteiger partial charge in [-0.05, 0) is 68.9 Å². The van der Waals surface area contributed by atoms with E-state index in [1.807, 2.05) is 12.1 Å². The van der Waals surface area contributed by atoms with Crippen molar-refractivity contribution in [2.24, 2.45) is 5.92 Å². The Kier molecular flexibility index (Phi) is 6.44. The molecule has 1 fully saturated rings. The lowest BCUT2D eigenvalue weighted by Gasteiger charge is -2.29. The average Bonchev–Trinajstić information content (AvgIpc) is 2.68. The van der Waals surface area contributed by atoms with Crippen molar-refractivity contribution in [3.05, 3.63) is 48.4 Å². The zero-order valence-corrected chi connectivity index (χ0v) is 16.3. The molecule has 0 bridgehead atoms. The molecule has 0 unspecified atom stereocenters. The van der Waals surface area contributed by atoms with E-state index in [4.69, 9.17) is 0 Å². The number of halogens is 1. The summed E-state index contributed by atoms with van der Waals surface area (Å²) in [6.45, 7) is 2.41. The molecule has 0 saturated heterocycles. The zero-order valence-electron chi connectivity index (χ0n) is 15.5. The van der Waals surface area contributed by atoms with E-state index in [9.17, 15) is 12.8 Å². The van der Waals surface area contributed by atoms with Crippen LogP contribution in [0, 0.1) is 11.7 Å². The summed E-state index contributed by atoms with van der Waals surface area (Å²) in [7, 11) is -3.14. The molecule has 0 spiro atoms. The standard InChI is InChI=1S/C20H26FN3O2S/c1-2-27(25,26)24-16-8-6-15(7-9-16)14-23-17-10-11-18(19(21)13-17)20-5-3-4-12-22-20/h3-5,10-13,15-16,23-24H,2,6-9,14H2,1H3/t15-,16-. The monoisotopic (exact) mass is 391 g/mol. The van der Waals surface area contributed by atoms with Gasteiger partial charge in [0.2, 0.25) is 10.0 Å². The van der Waals surface area contributed by atoms with E-state index in [2.05, 4.69) is 15.0 Å². The first-order chi connectivity index (χ1) is 13.0. The second kappa shape index (κ2) is 8.80. The Labute approximate surface area is 160 Å². The Hall–Kier alpha value is -1.99. The maximum absolute atomic E-state index is 14.4. The minimum absolute atomic E-state index is 0.0429. The van der Waals surface area contributed by atoms with Gasteiger partial charge in [0.05, 0.1) is 11.4 Å². The first-order valence-electron chi connectivity index (χ1n) is 9.41. The molecule has 0 atom stereocenters. The summed E-state index contributed by atoms with van der Waals surface area (Å²) >= 11 is 0. The molecule has 0 radical (unpaired) electrons. The summed E-state index contributed by atoms with van der Waals surface area (Å²) in [5.41, 5.74) is 1.86. The molecule has 146 valence electrons. The molecule has 1 saturated carbocycles. The number of sulfonamides is 1. The third-order valence-corrected chi connectivity index (χ3v) is 6.53. The lowest BCUT2D eigenvalue weighted by atomic mass is 9.86. The van der Waals surface area contributed by atoms with E-state index >= 15 is 0 Å². The number of anilines is 1. The number of benzene rings is 1. The zero-order chi connectivity index (χ0) is 19.3. The number of aromatic nitrogens is 1. The molecule has 3 rings (SSSR count). The van der Waals surface area contributed by atoms with Gasteiger partial charge in [0, 0.05) is 30.0 Å². The summed E-state index contributed by atoms with van der Waals surface area (Å²) in [6, 6.07) is 10.6. The third kappa shape index (κ3) is 5.49. The van der Waals surface area contributed by atoms with Crippen LogP contribution >= 0.6 is 0 Å². The molecule has 2 N–H and O–H groups in total. The lowest BCUT2D eigenvalue weighted by molar-refractivity contribution is 0.324. The van der Waals surface area contributed by atoms with Crippen molar-refractivity contribution in [3.63, 3.8) is 0 Å². The molecule has 1 aromatic carbocycles. The van der Waals surface area contributed by atoms with Crippen LogP contribution in [0.2, 0.25) is 0 Å². The highest BCUT2D eigenvalue weighted by Crippen LogP contribution is 2.27. The third-order valence-electron chi connectivity index (χ3n) is 5.08. The van der Waals surface area contributed by atoms with Crippen molar-refractivity contribution in [2.45, 2.75) is 38.6 Å². The second-order valence-electron chi connectivity index (χ2n) is 7.03. The highest BCUT2D eigenvalue weighted by atomic mass is 32.2. The van der Waals surface area contributed by atoms with E-state index in [-0.39, 0.29) is 17.6 Å². The highest BCUT2D eigenvalue weighted by molar-refractivity contribution is 7.89. The predicted molar refractivity (Wildman–Crippen MR) is 106 cm³/mol. The molecule has 0 amide bonds. The summed E-state index contributed by atoms with van der Waals surface area (Å²) in [5, 5.41) is 3.31. The predicted octanol–water partition coefficient (Wildman–Crippen LogP) is 3.80. The molecular formula is C20H26FN3O2S. The molecule has 0 aliphatic heterocycles. The molecule has 1 aliphatic rings. The van der Waals surface area contributed by atoms with Crippen LogP contribution in [-0.2, 0) is 10.0 Å². The van der Waals surface area contributed by atoms with Crippen LogP contribution in [-0.4, -0.2) is 31.7 Å². The Morgan fingerprint density at radius 3 is 2.56 bits per heavy atom. The quantitative estimate of drug-likeness (QED) is 0.753. The summed E-state index contributed by atoms with van der Waals surface area (Å²) in [4.78, 5) is 4.19. The Morgan fingerprint density at radius 2 is 1.93 bits per heavy atom. The van der Waals surface area contributed by atoms with Crippen molar-refractivity contribution in [3.8, 4) is 11.3 Å². The van der Waals surface area contributed by atoms with Crippen molar-refractivity contribution < 1.29 is 12.8 Å². The van der Waals surface area contributed by atoms with Gasteiger partial charge in [-0.3, -0.25) is 4.98 Å². The fraction of sp³-hybridized carbons (Fsp3) is 0.450. The van der Waals surface area contributed by atoms with Gasteiger partial charge in [0.15, 0.2) is 0 Å². The van der Waals surface area contributed by atoms with Gasteiger partial charge in [-0.15, -0.1) is 0 Å². The van der Waals surface area contributed by atoms with Gasteiger partial charge in [-0.2, -0.15) is 0 Å². The SMILES string of the molecule is CCS(=O)(=O)N[C@H]1CC[C@H](CNc2ccc(-c3ccccn3)c(F)c2)CC1. The average molecular weight is 392 g/mol. The fourth-order valence-electron chi connectivity index (χ4n) is 3.44. The lowest BCUT2D eigenvalue weighted by Crippen LogP contribution is -2.39. The van der Waals surface area contributed by atoms with E-state index in [1.165, 1.54) is 6.07 Å². The van der Waals surface area contributed by atoms with E-state index < -0.39 is 10.0 Å². The van der Waals surface area contributed by atoms with Crippen LogP contribution in [0.4, 0.5) is 10.1 Å². The van der Waals surface area contributed by atoms with Gasteiger partial charge in [-0.1, -0.05) is 6.07 Å². The first kappa shape index (κ1) is 19.8. The summed E-state index contributed by atoms with van der Waals surface area (Å²) < 4.78 is 40.5. The molecule has 7 heteroatoms. The minimum atomic E-state index is -3.14. The maximum Gasteiger partial charge on any atom is 0.211 e. The van der Waals surface area contributed by atoms with Crippen molar-refractivity contribution in [2.75, 3.05) is 17.6 Å². The fourth-order valence-corrected chi connectivity index (χ4v) is 4.35. The Morgan fingerprint density at radius 1 is 1.15 bits per heavy atom. The smallest absolute Gasteiger partial charge is 0.211 e. The van der Waals surface area contributed by atoms with Crippen molar-refractivity contribution in [1.82, 2.24) is 9.71 Å². The Balaban J connectivity index is 1.51. The normalized spacial score (nSPS) is 20.4. The molecule has 1 heterocycles. The minimum Gasteiger partial charge on any atom is -0.385 e. The van der Waals surface area contributed by atoms with Crippen LogP contribution in [0.1, 0.15) is 32.6 Å². The van der Waals surface area contributed by atoms with Crippen molar-refractivity contribution >= 4 is 15.7 Å². The van der Waals surface area contributed by atoms with Crippen LogP contribution in [0.25, 0.3) is 11.3 Å². The largest absolute Gasteiger partial charge is 0.385 e. The first-order valence-corrected chi connectivity index (χ1v) is 11.1. The van der Waals surface area contributed by atoms with Gasteiger partial charge >= 0.3 is 0 Å². The number of nitrogens with zero attached hydrogens (tertiary/aromatic N) is 1. The molecular weight excluding hydrogens is 365 g/mol.